The molecule has 0 radical (unpaired) electrons. The fourth-order valence-electron chi connectivity index (χ4n) is 8.46. The third kappa shape index (κ3) is 3.30. The van der Waals surface area contributed by atoms with Crippen LogP contribution in [0.25, 0.3) is 0 Å². The van der Waals surface area contributed by atoms with Gasteiger partial charge in [-0.05, 0) is 112 Å². The molecule has 4 saturated carbocycles. The summed E-state index contributed by atoms with van der Waals surface area (Å²) in [6, 6.07) is 6.83. The normalized spacial score (nSPS) is 42.5. The van der Waals surface area contributed by atoms with Crippen LogP contribution in [0.5, 0.6) is 0 Å². The van der Waals surface area contributed by atoms with E-state index >= 15 is 8.78 Å². The van der Waals surface area contributed by atoms with Gasteiger partial charge in [-0.3, -0.25) is 0 Å². The average molecular weight is 479 g/mol. The van der Waals surface area contributed by atoms with Gasteiger partial charge in [0.15, 0.2) is 0 Å². The van der Waals surface area contributed by atoms with Crippen LogP contribution in [0, 0.1) is 35.0 Å². The van der Waals surface area contributed by atoms with Crippen LogP contribution in [0.3, 0.4) is 0 Å². The molecule has 0 bridgehead atoms. The summed E-state index contributed by atoms with van der Waals surface area (Å²) in [5.41, 5.74) is -0.629. The molecule has 0 saturated heterocycles. The molecule has 0 spiro atoms. The minimum Gasteiger partial charge on any atom is -0.382 e. The predicted molar refractivity (Wildman–Crippen MR) is 124 cm³/mol. The molecule has 0 aliphatic heterocycles. The molecule has 6 heteroatoms. The topological polar surface area (TPSA) is 54.4 Å². The molecule has 1 aromatic rings. The fourth-order valence-corrected chi connectivity index (χ4v) is 9.96. The smallest absolute Gasteiger partial charge is 0.377 e. The Labute approximate surface area is 196 Å². The lowest BCUT2D eigenvalue weighted by molar-refractivity contribution is -0.177. The van der Waals surface area contributed by atoms with Gasteiger partial charge in [0, 0.05) is 0 Å². The molecule has 0 unspecified atom stereocenters. The van der Waals surface area contributed by atoms with E-state index in [2.05, 4.69) is 19.9 Å². The highest BCUT2D eigenvalue weighted by Gasteiger charge is 2.65. The van der Waals surface area contributed by atoms with Gasteiger partial charge < -0.3 is 5.11 Å². The molecule has 1 N–H and O–H groups in total. The molecule has 182 valence electrons. The first-order valence-electron chi connectivity index (χ1n) is 12.6. The minimum atomic E-state index is -4.98. The predicted octanol–water partition coefficient (Wildman–Crippen LogP) is 6.38. The Kier molecular flexibility index (Phi) is 5.60. The fraction of sp³-hybridized carbons (Fsp3) is 0.704. The number of fused-ring (bicyclic) bond motifs is 5. The van der Waals surface area contributed by atoms with Gasteiger partial charge in [-0.2, -0.15) is 8.78 Å². The molecule has 33 heavy (non-hydrogen) atoms. The van der Waals surface area contributed by atoms with Gasteiger partial charge in [-0.15, -0.1) is 0 Å². The Hall–Kier alpha value is -1.27. The average Bonchev–Trinajstić information content (AvgIpc) is 3.15. The van der Waals surface area contributed by atoms with Crippen LogP contribution < -0.4 is 0 Å². The Morgan fingerprint density at radius 2 is 1.70 bits per heavy atom. The van der Waals surface area contributed by atoms with E-state index in [1.165, 1.54) is 37.1 Å². The number of sulfone groups is 1. The first-order chi connectivity index (χ1) is 15.5. The summed E-state index contributed by atoms with van der Waals surface area (Å²) in [7, 11) is -4.98. The van der Waals surface area contributed by atoms with E-state index in [1.54, 1.807) is 11.6 Å². The van der Waals surface area contributed by atoms with Crippen molar-refractivity contribution in [3.63, 3.8) is 0 Å². The second-order valence-electron chi connectivity index (χ2n) is 11.4. The maximum absolute atomic E-state index is 15.5. The standard InChI is InChI=1S/C27H36F2O3S/c1-3-19-10-12-24-23-11-9-18-17-26(30,16-14-21(18)22(23)13-15-25(19,24)2)27(28,29)33(31,32)20-7-5-4-6-8-20/h3-8,18,21-24,30H,9-17H2,1-2H3/t18-,21+,22-,23-,24+,25-,26-/m1/s1. The second-order valence-corrected chi connectivity index (χ2v) is 13.3. The summed E-state index contributed by atoms with van der Waals surface area (Å²) in [5.74, 6) is 2.10. The van der Waals surface area contributed by atoms with Crippen molar-refractivity contribution >= 4 is 9.84 Å². The lowest BCUT2D eigenvalue weighted by Crippen LogP contribution is -2.58. The Morgan fingerprint density at radius 3 is 2.39 bits per heavy atom. The highest BCUT2D eigenvalue weighted by molar-refractivity contribution is 7.92. The summed E-state index contributed by atoms with van der Waals surface area (Å²) >= 11 is 0. The van der Waals surface area contributed by atoms with E-state index < -0.39 is 25.6 Å². The number of hydrogen-bond donors (Lipinski definition) is 1. The maximum atomic E-state index is 15.5. The number of halogens is 2. The first kappa shape index (κ1) is 23.5. The zero-order chi connectivity index (χ0) is 23.6. The number of aliphatic hydroxyl groups is 1. The molecule has 4 aliphatic carbocycles. The van der Waals surface area contributed by atoms with E-state index in [0.717, 1.165) is 25.7 Å². The minimum absolute atomic E-state index is 0.0335. The van der Waals surface area contributed by atoms with Gasteiger partial charge in [0.05, 0.1) is 4.90 Å². The highest BCUT2D eigenvalue weighted by atomic mass is 32.2. The highest BCUT2D eigenvalue weighted by Crippen LogP contribution is 2.65. The van der Waals surface area contributed by atoms with Crippen LogP contribution >= 0.6 is 0 Å². The number of alkyl halides is 2. The lowest BCUT2D eigenvalue weighted by Gasteiger charge is -2.57. The maximum Gasteiger partial charge on any atom is 0.377 e. The Balaban J connectivity index is 1.37. The van der Waals surface area contributed by atoms with Crippen LogP contribution in [0.2, 0.25) is 0 Å². The van der Waals surface area contributed by atoms with Crippen LogP contribution in [-0.2, 0) is 9.84 Å². The summed E-state index contributed by atoms with van der Waals surface area (Å²) in [6.45, 7) is 4.58. The molecular weight excluding hydrogens is 442 g/mol. The molecule has 0 amide bonds. The van der Waals surface area contributed by atoms with Crippen molar-refractivity contribution < 1.29 is 22.3 Å². The molecule has 7 atom stereocenters. The van der Waals surface area contributed by atoms with E-state index in [9.17, 15) is 13.5 Å². The van der Waals surface area contributed by atoms with Crippen molar-refractivity contribution in [2.24, 2.45) is 35.0 Å². The number of benzene rings is 1. The Bertz CT molecular complexity index is 1040. The van der Waals surface area contributed by atoms with Gasteiger partial charge in [0.1, 0.15) is 5.60 Å². The summed E-state index contributed by atoms with van der Waals surface area (Å²) in [6.07, 6.45) is 9.02. The van der Waals surface area contributed by atoms with Crippen molar-refractivity contribution in [2.45, 2.75) is 87.4 Å². The zero-order valence-electron chi connectivity index (χ0n) is 19.6. The second kappa shape index (κ2) is 7.87. The van der Waals surface area contributed by atoms with Crippen LogP contribution in [-0.4, -0.2) is 24.4 Å². The molecular formula is C27H36F2O3S. The third-order valence-electron chi connectivity index (χ3n) is 10.1. The van der Waals surface area contributed by atoms with Crippen LogP contribution in [0.15, 0.2) is 46.9 Å². The third-order valence-corrected chi connectivity index (χ3v) is 12.1. The number of hydrogen-bond acceptors (Lipinski definition) is 3. The van der Waals surface area contributed by atoms with Crippen LogP contribution in [0.1, 0.15) is 71.6 Å². The molecule has 0 aromatic heterocycles. The van der Waals surface area contributed by atoms with Gasteiger partial charge in [-0.1, -0.05) is 36.8 Å². The molecule has 4 fully saturated rings. The van der Waals surface area contributed by atoms with Crippen molar-refractivity contribution in [1.82, 2.24) is 0 Å². The van der Waals surface area contributed by atoms with E-state index in [0.29, 0.717) is 30.1 Å². The summed E-state index contributed by atoms with van der Waals surface area (Å²) in [4.78, 5) is -0.429. The largest absolute Gasteiger partial charge is 0.382 e. The van der Waals surface area contributed by atoms with E-state index in [-0.39, 0.29) is 24.2 Å². The number of rotatable bonds is 3. The molecule has 3 nitrogen and oxygen atoms in total. The van der Waals surface area contributed by atoms with Crippen molar-refractivity contribution in [3.8, 4) is 0 Å². The molecule has 5 rings (SSSR count). The zero-order valence-corrected chi connectivity index (χ0v) is 20.5. The van der Waals surface area contributed by atoms with Crippen molar-refractivity contribution in [1.29, 1.82) is 0 Å². The first-order valence-corrected chi connectivity index (χ1v) is 14.1. The Morgan fingerprint density at radius 1 is 1.00 bits per heavy atom. The molecule has 4 aliphatic rings. The van der Waals surface area contributed by atoms with Gasteiger partial charge in [0.2, 0.25) is 9.84 Å². The quantitative estimate of drug-likeness (QED) is 0.513. The van der Waals surface area contributed by atoms with Gasteiger partial charge in [-0.25, -0.2) is 8.42 Å². The van der Waals surface area contributed by atoms with E-state index in [1.807, 2.05) is 0 Å². The molecule has 0 heterocycles. The lowest BCUT2D eigenvalue weighted by atomic mass is 9.49. The SMILES string of the molecule is CC=C1CC[C@H]2[C@@H]3CC[C@@H]4C[C@@](O)(C(F)(F)S(=O)(=O)c5ccccc5)CC[C@@H]4[C@H]3CC[C@]12C. The van der Waals surface area contributed by atoms with Crippen molar-refractivity contribution in [2.75, 3.05) is 0 Å². The monoisotopic (exact) mass is 478 g/mol. The van der Waals surface area contributed by atoms with E-state index in [4.69, 9.17) is 0 Å². The van der Waals surface area contributed by atoms with Crippen LogP contribution in [0.4, 0.5) is 8.78 Å². The molecule has 1 aromatic carbocycles. The van der Waals surface area contributed by atoms with Gasteiger partial charge >= 0.3 is 5.25 Å². The van der Waals surface area contributed by atoms with Crippen molar-refractivity contribution in [3.05, 3.63) is 42.0 Å². The number of allylic oxidation sites excluding steroid dienone is 2. The summed E-state index contributed by atoms with van der Waals surface area (Å²) in [5, 5.41) is 6.94. The van der Waals surface area contributed by atoms with Gasteiger partial charge in [0.25, 0.3) is 0 Å². The summed E-state index contributed by atoms with van der Waals surface area (Å²) < 4.78 is 56.7.